The molecular formula is C17H14FNO3. The van der Waals surface area contributed by atoms with E-state index >= 15 is 0 Å². The fourth-order valence-corrected chi connectivity index (χ4v) is 2.63. The largest absolute Gasteiger partial charge is 0.375 e. The lowest BCUT2D eigenvalue weighted by atomic mass is 9.87. The molecule has 4 nitrogen and oxygen atoms in total. The third-order valence-electron chi connectivity index (χ3n) is 3.81. The van der Waals surface area contributed by atoms with Crippen LogP contribution in [0.15, 0.2) is 42.5 Å². The van der Waals surface area contributed by atoms with Crippen molar-refractivity contribution in [1.82, 2.24) is 0 Å². The van der Waals surface area contributed by atoms with Crippen LogP contribution >= 0.6 is 0 Å². The van der Waals surface area contributed by atoms with Gasteiger partial charge in [0.2, 0.25) is 0 Å². The molecule has 1 aliphatic rings. The number of aliphatic hydroxyl groups is 1. The predicted molar refractivity (Wildman–Crippen MR) is 79.1 cm³/mol. The topological polar surface area (TPSA) is 66.4 Å². The van der Waals surface area contributed by atoms with E-state index in [2.05, 4.69) is 5.32 Å². The van der Waals surface area contributed by atoms with Crippen LogP contribution in [0, 0.1) is 12.7 Å². The molecule has 0 aliphatic carbocycles. The molecule has 0 fully saturated rings. The second-order valence-electron chi connectivity index (χ2n) is 5.47. The molecule has 1 aliphatic heterocycles. The summed E-state index contributed by atoms with van der Waals surface area (Å²) in [5, 5.41) is 13.3. The summed E-state index contributed by atoms with van der Waals surface area (Å²) in [7, 11) is 0. The van der Waals surface area contributed by atoms with Gasteiger partial charge in [-0.25, -0.2) is 4.39 Å². The van der Waals surface area contributed by atoms with Gasteiger partial charge in [0.1, 0.15) is 5.82 Å². The van der Waals surface area contributed by atoms with Gasteiger partial charge in [0.05, 0.1) is 6.42 Å². The van der Waals surface area contributed by atoms with E-state index in [9.17, 15) is 19.1 Å². The maximum Gasteiger partial charge on any atom is 0.261 e. The first kappa shape index (κ1) is 14.4. The molecule has 2 aromatic rings. The van der Waals surface area contributed by atoms with Gasteiger partial charge in [-0.2, -0.15) is 0 Å². The Morgan fingerprint density at radius 2 is 2.05 bits per heavy atom. The Hall–Kier alpha value is -2.53. The Morgan fingerprint density at radius 3 is 2.77 bits per heavy atom. The number of anilines is 1. The Bertz CT molecular complexity index is 787. The molecule has 2 N–H and O–H groups in total. The quantitative estimate of drug-likeness (QED) is 0.856. The molecule has 0 spiro atoms. The van der Waals surface area contributed by atoms with Crippen molar-refractivity contribution in [2.75, 3.05) is 5.32 Å². The van der Waals surface area contributed by atoms with Crippen LogP contribution < -0.4 is 5.32 Å². The van der Waals surface area contributed by atoms with Crippen molar-refractivity contribution in [3.63, 3.8) is 0 Å². The Balaban J connectivity index is 1.96. The van der Waals surface area contributed by atoms with Crippen molar-refractivity contribution in [2.45, 2.75) is 18.9 Å². The summed E-state index contributed by atoms with van der Waals surface area (Å²) in [6, 6.07) is 10.4. The molecule has 0 saturated heterocycles. The lowest BCUT2D eigenvalue weighted by molar-refractivity contribution is -0.133. The second-order valence-corrected chi connectivity index (χ2v) is 5.47. The van der Waals surface area contributed by atoms with Crippen LogP contribution in [-0.2, 0) is 10.4 Å². The van der Waals surface area contributed by atoms with E-state index in [0.29, 0.717) is 11.3 Å². The number of aryl methyl sites for hydroxylation is 1. The summed E-state index contributed by atoms with van der Waals surface area (Å²) in [6.45, 7) is 1.83. The molecular weight excluding hydrogens is 285 g/mol. The van der Waals surface area contributed by atoms with E-state index in [0.717, 1.165) is 11.6 Å². The highest BCUT2D eigenvalue weighted by Crippen LogP contribution is 2.39. The SMILES string of the molecule is Cc1ccc2c(c1)[C@@](O)(CC(=O)c1cccc(F)c1)C(=O)N2. The molecule has 2 aromatic carbocycles. The van der Waals surface area contributed by atoms with E-state index in [-0.39, 0.29) is 5.56 Å². The summed E-state index contributed by atoms with van der Waals surface area (Å²) >= 11 is 0. The number of carbonyl (C=O) groups is 2. The molecule has 112 valence electrons. The van der Waals surface area contributed by atoms with Crippen LogP contribution in [0.25, 0.3) is 0 Å². The standard InChI is InChI=1S/C17H14FNO3/c1-10-5-6-14-13(7-10)17(22,16(21)19-14)9-15(20)11-3-2-4-12(18)8-11/h2-8,22H,9H2,1H3,(H,19,21)/t17-/m0/s1. The number of fused-ring (bicyclic) bond motifs is 1. The second kappa shape index (κ2) is 5.03. The fraction of sp³-hybridized carbons (Fsp3) is 0.176. The van der Waals surface area contributed by atoms with Crippen molar-refractivity contribution >= 4 is 17.4 Å². The zero-order valence-corrected chi connectivity index (χ0v) is 11.9. The molecule has 1 amide bonds. The van der Waals surface area contributed by atoms with Crippen LogP contribution in [0.4, 0.5) is 10.1 Å². The summed E-state index contributed by atoms with van der Waals surface area (Å²) in [4.78, 5) is 24.4. The number of ketones is 1. The minimum atomic E-state index is -1.93. The molecule has 0 bridgehead atoms. The number of benzene rings is 2. The highest BCUT2D eigenvalue weighted by Gasteiger charge is 2.46. The first-order chi connectivity index (χ1) is 10.4. The van der Waals surface area contributed by atoms with Gasteiger partial charge in [-0.05, 0) is 25.1 Å². The average molecular weight is 299 g/mol. The molecule has 0 unspecified atom stereocenters. The third-order valence-corrected chi connectivity index (χ3v) is 3.81. The van der Waals surface area contributed by atoms with Crippen LogP contribution in [0.5, 0.6) is 0 Å². The first-order valence-corrected chi connectivity index (χ1v) is 6.84. The molecule has 22 heavy (non-hydrogen) atoms. The number of halogens is 1. The van der Waals surface area contributed by atoms with Crippen LogP contribution in [0.3, 0.4) is 0 Å². The molecule has 0 saturated carbocycles. The summed E-state index contributed by atoms with van der Waals surface area (Å²) in [6.07, 6.45) is -0.432. The van der Waals surface area contributed by atoms with Gasteiger partial charge in [0.25, 0.3) is 5.91 Å². The van der Waals surface area contributed by atoms with Crippen LogP contribution in [0.1, 0.15) is 27.9 Å². The summed E-state index contributed by atoms with van der Waals surface area (Å²) < 4.78 is 13.2. The van der Waals surface area contributed by atoms with E-state index in [1.54, 1.807) is 18.2 Å². The summed E-state index contributed by atoms with van der Waals surface area (Å²) in [5.41, 5.74) is -0.0632. The van der Waals surface area contributed by atoms with E-state index in [1.807, 2.05) is 6.92 Å². The molecule has 1 atom stereocenters. The summed E-state index contributed by atoms with van der Waals surface area (Å²) in [5.74, 6) is -1.67. The minimum Gasteiger partial charge on any atom is -0.375 e. The van der Waals surface area contributed by atoms with Gasteiger partial charge in [-0.1, -0.05) is 29.8 Å². The van der Waals surface area contributed by atoms with Crippen LogP contribution in [0.2, 0.25) is 0 Å². The Kier molecular flexibility index (Phi) is 3.30. The lowest BCUT2D eigenvalue weighted by Crippen LogP contribution is -2.36. The number of hydrogen-bond acceptors (Lipinski definition) is 3. The highest BCUT2D eigenvalue weighted by molar-refractivity contribution is 6.09. The maximum atomic E-state index is 13.2. The molecule has 5 heteroatoms. The van der Waals surface area contributed by atoms with E-state index in [4.69, 9.17) is 0 Å². The van der Waals surface area contributed by atoms with E-state index < -0.39 is 29.5 Å². The number of carbonyl (C=O) groups excluding carboxylic acids is 2. The first-order valence-electron chi connectivity index (χ1n) is 6.84. The number of nitrogens with one attached hydrogen (secondary N) is 1. The highest BCUT2D eigenvalue weighted by atomic mass is 19.1. The van der Waals surface area contributed by atoms with Crippen molar-refractivity contribution in [3.05, 3.63) is 65.0 Å². The molecule has 1 heterocycles. The lowest BCUT2D eigenvalue weighted by Gasteiger charge is -2.20. The van der Waals surface area contributed by atoms with Crippen molar-refractivity contribution in [2.24, 2.45) is 0 Å². The van der Waals surface area contributed by atoms with Gasteiger partial charge in [0, 0.05) is 16.8 Å². The van der Waals surface area contributed by atoms with Crippen molar-refractivity contribution in [1.29, 1.82) is 0 Å². The normalized spacial score (nSPS) is 19.7. The zero-order valence-electron chi connectivity index (χ0n) is 11.9. The Labute approximate surface area is 126 Å². The number of rotatable bonds is 3. The van der Waals surface area contributed by atoms with Crippen molar-refractivity contribution in [3.8, 4) is 0 Å². The minimum absolute atomic E-state index is 0.127. The van der Waals surface area contributed by atoms with Gasteiger partial charge >= 0.3 is 0 Å². The predicted octanol–water partition coefficient (Wildman–Crippen LogP) is 2.55. The molecule has 0 radical (unpaired) electrons. The zero-order chi connectivity index (χ0) is 15.9. The van der Waals surface area contributed by atoms with Crippen LogP contribution in [-0.4, -0.2) is 16.8 Å². The molecule has 3 rings (SSSR count). The monoisotopic (exact) mass is 299 g/mol. The van der Waals surface area contributed by atoms with E-state index in [1.165, 1.54) is 18.2 Å². The number of Topliss-reactive ketones (excluding diaryl/α,β-unsaturated/α-hetero) is 1. The van der Waals surface area contributed by atoms with Gasteiger partial charge in [-0.3, -0.25) is 9.59 Å². The number of hydrogen-bond donors (Lipinski definition) is 2. The third kappa shape index (κ3) is 2.29. The smallest absolute Gasteiger partial charge is 0.261 e. The van der Waals surface area contributed by atoms with Gasteiger partial charge < -0.3 is 10.4 Å². The van der Waals surface area contributed by atoms with Gasteiger partial charge in [-0.15, -0.1) is 0 Å². The van der Waals surface area contributed by atoms with Gasteiger partial charge in [0.15, 0.2) is 11.4 Å². The molecule has 0 aromatic heterocycles. The maximum absolute atomic E-state index is 13.2. The average Bonchev–Trinajstić information content (AvgIpc) is 2.71. The number of amides is 1. The Morgan fingerprint density at radius 1 is 1.27 bits per heavy atom. The fourth-order valence-electron chi connectivity index (χ4n) is 2.63. The van der Waals surface area contributed by atoms with Crippen molar-refractivity contribution < 1.29 is 19.1 Å².